The van der Waals surface area contributed by atoms with Gasteiger partial charge in [-0.3, -0.25) is 0 Å². The van der Waals surface area contributed by atoms with E-state index in [2.05, 4.69) is 9.72 Å². The number of hydrogen-bond donors (Lipinski definition) is 0. The zero-order valence-corrected chi connectivity index (χ0v) is 15.3. The van der Waals surface area contributed by atoms with Gasteiger partial charge in [0.05, 0.1) is 18.3 Å². The number of benzene rings is 1. The Kier molecular flexibility index (Phi) is 7.31. The average molecular weight is 386 g/mol. The third-order valence-electron chi connectivity index (χ3n) is 3.10. The van der Waals surface area contributed by atoms with Crippen molar-refractivity contribution in [3.63, 3.8) is 0 Å². The summed E-state index contributed by atoms with van der Waals surface area (Å²) in [4.78, 5) is 15.3. The van der Waals surface area contributed by atoms with Crippen LogP contribution in [0.15, 0.2) is 30.5 Å². The van der Waals surface area contributed by atoms with Gasteiger partial charge in [-0.15, -0.1) is 0 Å². The summed E-state index contributed by atoms with van der Waals surface area (Å²) < 4.78 is 21.0. The lowest BCUT2D eigenvalue weighted by Crippen LogP contribution is -2.07. The molecule has 2 aromatic rings. The summed E-state index contributed by atoms with van der Waals surface area (Å²) in [6.07, 6.45) is 1.43. The lowest BCUT2D eigenvalue weighted by molar-refractivity contribution is 0.0214. The summed E-state index contributed by atoms with van der Waals surface area (Å²) in [7, 11) is 1.29. The fourth-order valence-electron chi connectivity index (χ4n) is 1.92. The van der Waals surface area contributed by atoms with Crippen molar-refractivity contribution in [3.05, 3.63) is 51.8 Å². The molecule has 0 aliphatic heterocycles. The van der Waals surface area contributed by atoms with Gasteiger partial charge in [0.25, 0.3) is 0 Å². The minimum Gasteiger partial charge on any atom is -0.487 e. The molecule has 2 rings (SSSR count). The van der Waals surface area contributed by atoms with Crippen molar-refractivity contribution in [1.29, 1.82) is 0 Å². The number of pyridine rings is 1. The van der Waals surface area contributed by atoms with Gasteiger partial charge in [-0.25, -0.2) is 9.78 Å². The molecule has 0 saturated heterocycles. The molecule has 0 unspecified atom stereocenters. The Hall–Kier alpha value is -2.02. The molecule has 0 amide bonds. The number of rotatable bonds is 8. The van der Waals surface area contributed by atoms with Crippen molar-refractivity contribution in [2.24, 2.45) is 0 Å². The molecular formula is C17H17Cl2NO5. The van der Waals surface area contributed by atoms with Gasteiger partial charge in [-0.2, -0.15) is 0 Å². The Labute approximate surface area is 155 Å². The van der Waals surface area contributed by atoms with Gasteiger partial charge in [0, 0.05) is 17.2 Å². The second-order valence-electron chi connectivity index (χ2n) is 4.79. The van der Waals surface area contributed by atoms with E-state index in [0.29, 0.717) is 33.7 Å². The van der Waals surface area contributed by atoms with Crippen LogP contribution in [0, 0.1) is 0 Å². The van der Waals surface area contributed by atoms with E-state index in [0.717, 1.165) is 0 Å². The van der Waals surface area contributed by atoms with E-state index in [1.54, 1.807) is 18.2 Å². The molecule has 1 aromatic carbocycles. The Balaban J connectivity index is 2.09. The van der Waals surface area contributed by atoms with Crippen molar-refractivity contribution >= 4 is 29.2 Å². The number of halogens is 2. The smallest absolute Gasteiger partial charge is 0.356 e. The van der Waals surface area contributed by atoms with Crippen molar-refractivity contribution in [2.45, 2.75) is 13.5 Å². The van der Waals surface area contributed by atoms with Crippen LogP contribution in [-0.2, 0) is 16.1 Å². The van der Waals surface area contributed by atoms with E-state index < -0.39 is 5.97 Å². The lowest BCUT2D eigenvalue weighted by Gasteiger charge is -2.14. The number of ether oxygens (including phenoxy) is 4. The fourth-order valence-corrected chi connectivity index (χ4v) is 2.51. The Bertz CT molecular complexity index is 722. The van der Waals surface area contributed by atoms with E-state index in [9.17, 15) is 4.79 Å². The number of nitrogens with zero attached hydrogens (tertiary/aromatic N) is 1. The predicted octanol–water partition coefficient (Wildman–Crippen LogP) is 4.13. The highest BCUT2D eigenvalue weighted by Crippen LogP contribution is 2.33. The highest BCUT2D eigenvalue weighted by Gasteiger charge is 2.13. The number of carbonyl (C=O) groups is 1. The molecule has 25 heavy (non-hydrogen) atoms. The van der Waals surface area contributed by atoms with Gasteiger partial charge >= 0.3 is 5.97 Å². The standard InChI is InChI=1S/C17H17Cl2NO5/c1-3-23-10-25-16-11(6-12(18)7-14(16)19)9-24-13-4-5-15(20-8-13)17(21)22-2/h4-8H,3,9-10H2,1-2H3. The summed E-state index contributed by atoms with van der Waals surface area (Å²) in [5.41, 5.74) is 0.857. The topological polar surface area (TPSA) is 66.9 Å². The van der Waals surface area contributed by atoms with Crippen molar-refractivity contribution in [1.82, 2.24) is 4.98 Å². The fraction of sp³-hybridized carbons (Fsp3) is 0.294. The van der Waals surface area contributed by atoms with Crippen LogP contribution < -0.4 is 9.47 Å². The minimum atomic E-state index is -0.514. The van der Waals surface area contributed by atoms with Gasteiger partial charge in [0.1, 0.15) is 23.8 Å². The zero-order valence-electron chi connectivity index (χ0n) is 13.8. The molecule has 0 saturated carbocycles. The zero-order chi connectivity index (χ0) is 18.2. The number of esters is 1. The molecule has 134 valence electrons. The minimum absolute atomic E-state index is 0.0697. The Morgan fingerprint density at radius 2 is 2.00 bits per heavy atom. The summed E-state index contributed by atoms with van der Waals surface area (Å²) in [5, 5.41) is 0.830. The first-order chi connectivity index (χ1) is 12.0. The molecule has 1 aromatic heterocycles. The molecule has 8 heteroatoms. The number of hydrogen-bond acceptors (Lipinski definition) is 6. The predicted molar refractivity (Wildman–Crippen MR) is 93.5 cm³/mol. The van der Waals surface area contributed by atoms with Gasteiger partial charge in [0.2, 0.25) is 0 Å². The highest BCUT2D eigenvalue weighted by atomic mass is 35.5. The maximum atomic E-state index is 11.4. The van der Waals surface area contributed by atoms with Gasteiger partial charge in [0.15, 0.2) is 6.79 Å². The monoisotopic (exact) mass is 385 g/mol. The highest BCUT2D eigenvalue weighted by molar-refractivity contribution is 6.35. The van der Waals surface area contributed by atoms with Crippen LogP contribution in [-0.4, -0.2) is 31.5 Å². The van der Waals surface area contributed by atoms with E-state index in [1.165, 1.54) is 19.4 Å². The first kappa shape index (κ1) is 19.3. The van der Waals surface area contributed by atoms with E-state index in [-0.39, 0.29) is 19.1 Å². The van der Waals surface area contributed by atoms with Crippen molar-refractivity contribution in [3.8, 4) is 11.5 Å². The van der Waals surface area contributed by atoms with Gasteiger partial charge in [-0.05, 0) is 31.2 Å². The number of aromatic nitrogens is 1. The molecule has 1 heterocycles. The Morgan fingerprint density at radius 3 is 2.64 bits per heavy atom. The normalized spacial score (nSPS) is 10.4. The first-order valence-electron chi connectivity index (χ1n) is 7.40. The third-order valence-corrected chi connectivity index (χ3v) is 3.60. The molecule has 0 aliphatic rings. The molecule has 0 aliphatic carbocycles. The second kappa shape index (κ2) is 9.46. The van der Waals surface area contributed by atoms with Crippen LogP contribution in [0.25, 0.3) is 0 Å². The van der Waals surface area contributed by atoms with Crippen molar-refractivity contribution in [2.75, 3.05) is 20.5 Å². The summed E-state index contributed by atoms with van der Waals surface area (Å²) in [6, 6.07) is 6.41. The van der Waals surface area contributed by atoms with Crippen LogP contribution in [0.4, 0.5) is 0 Å². The molecule has 0 radical (unpaired) electrons. The SMILES string of the molecule is CCOCOc1c(Cl)cc(Cl)cc1COc1ccc(C(=O)OC)nc1. The lowest BCUT2D eigenvalue weighted by atomic mass is 10.2. The third kappa shape index (κ3) is 5.49. The van der Waals surface area contributed by atoms with Crippen LogP contribution in [0.3, 0.4) is 0 Å². The largest absolute Gasteiger partial charge is 0.487 e. The van der Waals surface area contributed by atoms with E-state index in [1.807, 2.05) is 6.92 Å². The molecule has 6 nitrogen and oxygen atoms in total. The summed E-state index contributed by atoms with van der Waals surface area (Å²) >= 11 is 12.2. The maximum Gasteiger partial charge on any atom is 0.356 e. The van der Waals surface area contributed by atoms with Gasteiger partial charge < -0.3 is 18.9 Å². The molecule has 0 atom stereocenters. The summed E-state index contributed by atoms with van der Waals surface area (Å²) in [5.74, 6) is 0.401. The first-order valence-corrected chi connectivity index (χ1v) is 8.16. The van der Waals surface area contributed by atoms with Crippen LogP contribution in [0.2, 0.25) is 10.0 Å². The molecule has 0 fully saturated rings. The van der Waals surface area contributed by atoms with Crippen LogP contribution >= 0.6 is 23.2 Å². The van der Waals surface area contributed by atoms with Crippen LogP contribution in [0.5, 0.6) is 11.5 Å². The quantitative estimate of drug-likeness (QED) is 0.386. The van der Waals surface area contributed by atoms with E-state index >= 15 is 0 Å². The molecular weight excluding hydrogens is 369 g/mol. The molecule has 0 spiro atoms. The number of methoxy groups -OCH3 is 1. The number of carbonyl (C=O) groups excluding carboxylic acids is 1. The Morgan fingerprint density at radius 1 is 1.20 bits per heavy atom. The maximum absolute atomic E-state index is 11.4. The summed E-state index contributed by atoms with van der Waals surface area (Å²) in [6.45, 7) is 2.61. The van der Waals surface area contributed by atoms with E-state index in [4.69, 9.17) is 37.4 Å². The second-order valence-corrected chi connectivity index (χ2v) is 5.63. The van der Waals surface area contributed by atoms with Crippen molar-refractivity contribution < 1.29 is 23.7 Å². The van der Waals surface area contributed by atoms with Gasteiger partial charge in [-0.1, -0.05) is 23.2 Å². The van der Waals surface area contributed by atoms with Crippen LogP contribution in [0.1, 0.15) is 23.0 Å². The molecule has 0 bridgehead atoms. The average Bonchev–Trinajstić information content (AvgIpc) is 2.61. The molecule has 0 N–H and O–H groups in total.